The van der Waals surface area contributed by atoms with Gasteiger partial charge >= 0.3 is 6.03 Å². The second-order valence-corrected chi connectivity index (χ2v) is 7.60. The van der Waals surface area contributed by atoms with Crippen molar-refractivity contribution in [2.45, 2.75) is 19.3 Å². The molecule has 0 saturated carbocycles. The number of likely N-dealkylation sites (tertiary alicyclic amines) is 1. The maximum Gasteiger partial charge on any atom is 0.320 e. The highest BCUT2D eigenvalue weighted by Crippen LogP contribution is 2.36. The largest absolute Gasteiger partial charge is 0.495 e. The lowest BCUT2D eigenvalue weighted by Gasteiger charge is -2.38. The minimum atomic E-state index is -0.0795. The van der Waals surface area contributed by atoms with Crippen molar-refractivity contribution in [1.29, 1.82) is 0 Å². The number of piperidine rings is 1. The van der Waals surface area contributed by atoms with Crippen molar-refractivity contribution in [3.05, 3.63) is 22.2 Å². The number of amides is 3. The molecule has 0 aliphatic carbocycles. The zero-order valence-electron chi connectivity index (χ0n) is 15.9. The minimum absolute atomic E-state index is 0.0795. The van der Waals surface area contributed by atoms with E-state index in [1.165, 1.54) is 6.42 Å². The Kier molecular flexibility index (Phi) is 6.46. The summed E-state index contributed by atoms with van der Waals surface area (Å²) >= 11 is 3.42. The van der Waals surface area contributed by atoms with Crippen LogP contribution < -0.4 is 9.47 Å². The average Bonchev–Trinajstić information content (AvgIpc) is 2.73. The molecule has 7 nitrogen and oxygen atoms in total. The molecule has 2 aliphatic rings. The number of hydrogen-bond donors (Lipinski definition) is 0. The molecule has 3 amide bonds. The number of nitrogens with zero attached hydrogens (tertiary/aromatic N) is 3. The van der Waals surface area contributed by atoms with Gasteiger partial charge in [-0.1, -0.05) is 0 Å². The Labute approximate surface area is 168 Å². The molecule has 27 heavy (non-hydrogen) atoms. The highest BCUT2D eigenvalue weighted by molar-refractivity contribution is 9.10. The zero-order chi connectivity index (χ0) is 19.4. The Bertz CT molecular complexity index is 673. The molecule has 0 bridgehead atoms. The first-order chi connectivity index (χ1) is 13.0. The summed E-state index contributed by atoms with van der Waals surface area (Å²) < 4.78 is 11.3. The fourth-order valence-corrected chi connectivity index (χ4v) is 4.11. The monoisotopic (exact) mass is 439 g/mol. The molecular formula is C19H26BrN3O4. The van der Waals surface area contributed by atoms with E-state index in [1.54, 1.807) is 31.3 Å². The Hall–Kier alpha value is -1.96. The van der Waals surface area contributed by atoms with Gasteiger partial charge in [-0.05, 0) is 47.3 Å². The highest BCUT2D eigenvalue weighted by atomic mass is 79.9. The van der Waals surface area contributed by atoms with E-state index in [1.807, 2.05) is 9.80 Å². The first kappa shape index (κ1) is 19.8. The molecule has 0 aromatic heterocycles. The quantitative estimate of drug-likeness (QED) is 0.726. The first-order valence-corrected chi connectivity index (χ1v) is 10.1. The fourth-order valence-electron chi connectivity index (χ4n) is 3.56. The molecule has 8 heteroatoms. The molecule has 3 rings (SSSR count). The van der Waals surface area contributed by atoms with Crippen LogP contribution in [0.1, 0.15) is 29.6 Å². The smallest absolute Gasteiger partial charge is 0.320 e. The normalized spacial score (nSPS) is 17.7. The third kappa shape index (κ3) is 4.31. The maximum absolute atomic E-state index is 12.9. The molecule has 0 atom stereocenters. The van der Waals surface area contributed by atoms with E-state index in [0.29, 0.717) is 47.7 Å². The number of carbonyl (C=O) groups is 2. The van der Waals surface area contributed by atoms with E-state index in [2.05, 4.69) is 15.9 Å². The van der Waals surface area contributed by atoms with E-state index >= 15 is 0 Å². The second kappa shape index (κ2) is 8.82. The van der Waals surface area contributed by atoms with Crippen molar-refractivity contribution in [3.63, 3.8) is 0 Å². The van der Waals surface area contributed by atoms with Crippen LogP contribution in [-0.2, 0) is 0 Å². The van der Waals surface area contributed by atoms with Crippen LogP contribution in [0.5, 0.6) is 11.5 Å². The first-order valence-electron chi connectivity index (χ1n) is 9.29. The molecule has 148 valence electrons. The Morgan fingerprint density at radius 2 is 1.30 bits per heavy atom. The van der Waals surface area contributed by atoms with Gasteiger partial charge in [-0.15, -0.1) is 0 Å². The van der Waals surface area contributed by atoms with Gasteiger partial charge in [0.05, 0.1) is 14.2 Å². The van der Waals surface area contributed by atoms with Crippen LogP contribution in [0.25, 0.3) is 0 Å². The summed E-state index contributed by atoms with van der Waals surface area (Å²) in [6.45, 7) is 3.86. The van der Waals surface area contributed by atoms with Crippen molar-refractivity contribution in [2.24, 2.45) is 0 Å². The molecule has 0 spiro atoms. The van der Waals surface area contributed by atoms with Gasteiger partial charge in [0.25, 0.3) is 5.91 Å². The van der Waals surface area contributed by atoms with E-state index in [0.717, 1.165) is 25.9 Å². The number of benzene rings is 1. The van der Waals surface area contributed by atoms with Gasteiger partial charge in [0.15, 0.2) is 0 Å². The van der Waals surface area contributed by atoms with Crippen LogP contribution in [-0.4, -0.2) is 80.1 Å². The summed E-state index contributed by atoms with van der Waals surface area (Å²) in [7, 11) is 3.11. The van der Waals surface area contributed by atoms with Gasteiger partial charge in [0, 0.05) is 44.8 Å². The standard InChI is InChI=1S/C19H26BrN3O4/c1-26-15-12-14(13-16(27-2)17(15)20)18(24)21-8-10-23(11-9-21)19(25)22-6-4-3-5-7-22/h12-13H,3-11H2,1-2H3. The van der Waals surface area contributed by atoms with Crippen LogP contribution in [0.4, 0.5) is 4.79 Å². The molecule has 1 aromatic rings. The van der Waals surface area contributed by atoms with Gasteiger partial charge in [-0.2, -0.15) is 0 Å². The predicted molar refractivity (Wildman–Crippen MR) is 106 cm³/mol. The number of methoxy groups -OCH3 is 2. The lowest BCUT2D eigenvalue weighted by molar-refractivity contribution is 0.0632. The number of carbonyl (C=O) groups excluding carboxylic acids is 2. The molecule has 0 unspecified atom stereocenters. The fraction of sp³-hybridized carbons (Fsp3) is 0.579. The number of rotatable bonds is 3. The number of urea groups is 1. The maximum atomic E-state index is 12.9. The summed E-state index contributed by atoms with van der Waals surface area (Å²) in [6.07, 6.45) is 3.36. The molecule has 2 aliphatic heterocycles. The number of piperazine rings is 1. The minimum Gasteiger partial charge on any atom is -0.495 e. The van der Waals surface area contributed by atoms with Crippen LogP contribution in [0, 0.1) is 0 Å². The Balaban J connectivity index is 1.64. The zero-order valence-corrected chi connectivity index (χ0v) is 17.5. The summed E-state index contributed by atoms with van der Waals surface area (Å²) in [5, 5.41) is 0. The molecule has 2 fully saturated rings. The lowest BCUT2D eigenvalue weighted by Crippen LogP contribution is -2.54. The van der Waals surface area contributed by atoms with Crippen molar-refractivity contribution >= 4 is 27.9 Å². The van der Waals surface area contributed by atoms with Crippen molar-refractivity contribution in [3.8, 4) is 11.5 Å². The summed E-state index contributed by atoms with van der Waals surface area (Å²) in [5.74, 6) is 1.03. The topological polar surface area (TPSA) is 62.3 Å². The van der Waals surface area contributed by atoms with Gasteiger partial charge in [-0.25, -0.2) is 4.79 Å². The number of ether oxygens (including phenoxy) is 2. The summed E-state index contributed by atoms with van der Waals surface area (Å²) in [5.41, 5.74) is 0.516. The van der Waals surface area contributed by atoms with Crippen molar-refractivity contribution < 1.29 is 19.1 Å². The van der Waals surface area contributed by atoms with E-state index in [9.17, 15) is 9.59 Å². The van der Waals surface area contributed by atoms with Crippen LogP contribution in [0.3, 0.4) is 0 Å². The summed E-state index contributed by atoms with van der Waals surface area (Å²) in [6, 6.07) is 3.52. The van der Waals surface area contributed by atoms with E-state index in [4.69, 9.17) is 9.47 Å². The van der Waals surface area contributed by atoms with Crippen molar-refractivity contribution in [1.82, 2.24) is 14.7 Å². The van der Waals surface area contributed by atoms with Gasteiger partial charge < -0.3 is 24.2 Å². The predicted octanol–water partition coefficient (Wildman–Crippen LogP) is 2.83. The average molecular weight is 440 g/mol. The van der Waals surface area contributed by atoms with Crippen LogP contribution >= 0.6 is 15.9 Å². The molecule has 2 saturated heterocycles. The van der Waals surface area contributed by atoms with Crippen LogP contribution in [0.2, 0.25) is 0 Å². The highest BCUT2D eigenvalue weighted by Gasteiger charge is 2.29. The molecule has 2 heterocycles. The Morgan fingerprint density at radius 3 is 1.81 bits per heavy atom. The number of hydrogen-bond acceptors (Lipinski definition) is 4. The number of halogens is 1. The third-order valence-electron chi connectivity index (χ3n) is 5.16. The summed E-state index contributed by atoms with van der Waals surface area (Å²) in [4.78, 5) is 31.1. The Morgan fingerprint density at radius 1 is 0.815 bits per heavy atom. The molecule has 0 radical (unpaired) electrons. The molecular weight excluding hydrogens is 414 g/mol. The van der Waals surface area contributed by atoms with E-state index in [-0.39, 0.29) is 11.9 Å². The lowest BCUT2D eigenvalue weighted by atomic mass is 10.1. The van der Waals surface area contributed by atoms with Crippen molar-refractivity contribution in [2.75, 3.05) is 53.5 Å². The van der Waals surface area contributed by atoms with E-state index < -0.39 is 0 Å². The molecule has 0 N–H and O–H groups in total. The van der Waals surface area contributed by atoms with Gasteiger partial charge in [0.1, 0.15) is 16.0 Å². The molecule has 1 aromatic carbocycles. The SMILES string of the molecule is COc1cc(C(=O)N2CCN(C(=O)N3CCCCC3)CC2)cc(OC)c1Br. The second-order valence-electron chi connectivity index (χ2n) is 6.80. The van der Waals surface area contributed by atoms with Crippen LogP contribution in [0.15, 0.2) is 16.6 Å². The third-order valence-corrected chi connectivity index (χ3v) is 5.94. The van der Waals surface area contributed by atoms with Gasteiger partial charge in [-0.3, -0.25) is 4.79 Å². The van der Waals surface area contributed by atoms with Gasteiger partial charge in [0.2, 0.25) is 0 Å².